The van der Waals surface area contributed by atoms with E-state index in [1.807, 2.05) is 6.07 Å². The molecule has 4 nitrogen and oxygen atoms in total. The van der Waals surface area contributed by atoms with Gasteiger partial charge in [-0.2, -0.15) is 0 Å². The van der Waals surface area contributed by atoms with Crippen molar-refractivity contribution in [2.24, 2.45) is 0 Å². The van der Waals surface area contributed by atoms with Gasteiger partial charge in [-0.1, -0.05) is 30.3 Å². The van der Waals surface area contributed by atoms with Crippen LogP contribution in [0.4, 0.5) is 0 Å². The van der Waals surface area contributed by atoms with Crippen LogP contribution in [0.5, 0.6) is 0 Å². The zero-order valence-electron chi connectivity index (χ0n) is 9.80. The number of ketones is 1. The van der Waals surface area contributed by atoms with Crippen molar-refractivity contribution < 1.29 is 14.3 Å². The summed E-state index contributed by atoms with van der Waals surface area (Å²) in [5, 5.41) is 2.81. The van der Waals surface area contributed by atoms with E-state index in [0.717, 1.165) is 0 Å². The maximum absolute atomic E-state index is 11.8. The van der Waals surface area contributed by atoms with Crippen LogP contribution in [-0.4, -0.2) is 31.4 Å². The number of Topliss-reactive ketones (excluding diaryl/α,β-unsaturated/α-hetero) is 1. The maximum Gasteiger partial charge on any atom is 0.319 e. The van der Waals surface area contributed by atoms with E-state index in [2.05, 4.69) is 10.1 Å². The molecule has 0 bridgehead atoms. The zero-order valence-corrected chi connectivity index (χ0v) is 10.6. The quantitative estimate of drug-likeness (QED) is 0.641. The number of benzene rings is 1. The Morgan fingerprint density at radius 3 is 2.41 bits per heavy atom. The highest BCUT2D eigenvalue weighted by Crippen LogP contribution is 2.02. The fraction of sp³-hybridized carbons (Fsp3) is 0.333. The van der Waals surface area contributed by atoms with E-state index < -0.39 is 6.04 Å². The first-order valence-electron chi connectivity index (χ1n) is 5.04. The lowest BCUT2D eigenvalue weighted by atomic mass is 10.1. The Hall–Kier alpha value is -1.39. The fourth-order valence-electron chi connectivity index (χ4n) is 1.25. The van der Waals surface area contributed by atoms with Crippen LogP contribution in [0.1, 0.15) is 17.3 Å². The van der Waals surface area contributed by atoms with E-state index >= 15 is 0 Å². The second-order valence-electron chi connectivity index (χ2n) is 3.41. The molecule has 1 atom stereocenters. The third kappa shape index (κ3) is 4.97. The molecule has 1 aromatic rings. The minimum atomic E-state index is -0.401. The zero-order chi connectivity index (χ0) is 12.0. The number of halogens is 1. The van der Waals surface area contributed by atoms with E-state index in [1.165, 1.54) is 7.11 Å². The Morgan fingerprint density at radius 1 is 1.29 bits per heavy atom. The van der Waals surface area contributed by atoms with Crippen molar-refractivity contribution in [1.82, 2.24) is 5.32 Å². The van der Waals surface area contributed by atoms with Gasteiger partial charge in [0.05, 0.1) is 19.7 Å². The summed E-state index contributed by atoms with van der Waals surface area (Å²) < 4.78 is 4.47. The van der Waals surface area contributed by atoms with E-state index in [1.54, 1.807) is 31.2 Å². The Balaban J connectivity index is 0.00000256. The summed E-state index contributed by atoms with van der Waals surface area (Å²) in [6.45, 7) is 1.76. The van der Waals surface area contributed by atoms with Crippen LogP contribution in [0.15, 0.2) is 30.3 Å². The number of esters is 1. The van der Waals surface area contributed by atoms with Crippen LogP contribution in [0, 0.1) is 0 Å². The van der Waals surface area contributed by atoms with Gasteiger partial charge < -0.3 is 4.74 Å². The molecule has 5 heteroatoms. The van der Waals surface area contributed by atoms with Gasteiger partial charge in [0.15, 0.2) is 5.78 Å². The average Bonchev–Trinajstić information content (AvgIpc) is 2.35. The third-order valence-electron chi connectivity index (χ3n) is 2.23. The predicted octanol–water partition coefficient (Wildman–Crippen LogP) is 1.44. The lowest BCUT2D eigenvalue weighted by Gasteiger charge is -2.11. The monoisotopic (exact) mass is 257 g/mol. The molecule has 0 aliphatic carbocycles. The normalized spacial score (nSPS) is 11.2. The molecular formula is C12H16ClNO3. The number of ether oxygens (including phenoxy) is 1. The SMILES string of the molecule is COC(=O)CNC(C)C(=O)c1ccccc1.Cl. The number of hydrogen-bond acceptors (Lipinski definition) is 4. The molecule has 17 heavy (non-hydrogen) atoms. The number of hydrogen-bond donors (Lipinski definition) is 1. The summed E-state index contributed by atoms with van der Waals surface area (Å²) in [5.41, 5.74) is 0.632. The highest BCUT2D eigenvalue weighted by Gasteiger charge is 2.15. The predicted molar refractivity (Wildman–Crippen MR) is 67.5 cm³/mol. The molecule has 1 aromatic carbocycles. The van der Waals surface area contributed by atoms with Gasteiger partial charge in [0, 0.05) is 5.56 Å². The molecule has 0 spiro atoms. The molecule has 0 aliphatic heterocycles. The summed E-state index contributed by atoms with van der Waals surface area (Å²) in [7, 11) is 1.31. The largest absolute Gasteiger partial charge is 0.468 e. The van der Waals surface area contributed by atoms with Crippen LogP contribution in [-0.2, 0) is 9.53 Å². The van der Waals surface area contributed by atoms with E-state index in [9.17, 15) is 9.59 Å². The van der Waals surface area contributed by atoms with Gasteiger partial charge in [0.2, 0.25) is 0 Å². The van der Waals surface area contributed by atoms with Crippen molar-refractivity contribution >= 4 is 24.2 Å². The number of rotatable bonds is 5. The van der Waals surface area contributed by atoms with E-state index in [0.29, 0.717) is 5.56 Å². The van der Waals surface area contributed by atoms with Crippen molar-refractivity contribution in [3.05, 3.63) is 35.9 Å². The number of nitrogens with one attached hydrogen (secondary N) is 1. The second-order valence-corrected chi connectivity index (χ2v) is 3.41. The molecule has 1 N–H and O–H groups in total. The maximum atomic E-state index is 11.8. The Labute approximate surface area is 107 Å². The summed E-state index contributed by atoms with van der Waals surface area (Å²) in [6, 6.07) is 8.56. The summed E-state index contributed by atoms with van der Waals surface area (Å²) >= 11 is 0. The number of carbonyl (C=O) groups is 2. The molecule has 0 radical (unpaired) electrons. The first-order valence-corrected chi connectivity index (χ1v) is 5.04. The second kappa shape index (κ2) is 7.81. The van der Waals surface area contributed by atoms with Gasteiger partial charge in [-0.3, -0.25) is 14.9 Å². The molecule has 1 unspecified atom stereocenters. The molecule has 94 valence electrons. The molecule has 0 saturated carbocycles. The van der Waals surface area contributed by atoms with Gasteiger partial charge in [-0.25, -0.2) is 0 Å². The first-order chi connectivity index (χ1) is 7.65. The van der Waals surface area contributed by atoms with Gasteiger partial charge in [0.1, 0.15) is 0 Å². The molecule has 0 amide bonds. The van der Waals surface area contributed by atoms with Crippen LogP contribution in [0.3, 0.4) is 0 Å². The Bertz CT molecular complexity index is 367. The Morgan fingerprint density at radius 2 is 1.88 bits per heavy atom. The molecule has 1 rings (SSSR count). The van der Waals surface area contributed by atoms with E-state index in [4.69, 9.17) is 0 Å². The lowest BCUT2D eigenvalue weighted by molar-refractivity contribution is -0.139. The average molecular weight is 258 g/mol. The van der Waals surface area contributed by atoms with Crippen LogP contribution in [0.25, 0.3) is 0 Å². The van der Waals surface area contributed by atoms with Gasteiger partial charge >= 0.3 is 5.97 Å². The van der Waals surface area contributed by atoms with E-state index in [-0.39, 0.29) is 30.7 Å². The lowest BCUT2D eigenvalue weighted by Crippen LogP contribution is -2.37. The third-order valence-corrected chi connectivity index (χ3v) is 2.23. The summed E-state index contributed by atoms with van der Waals surface area (Å²) in [5.74, 6) is -0.419. The summed E-state index contributed by atoms with van der Waals surface area (Å²) in [6.07, 6.45) is 0. The minimum absolute atomic E-state index is 0. The molecule has 0 aromatic heterocycles. The van der Waals surface area contributed by atoms with Crippen molar-refractivity contribution in [3.8, 4) is 0 Å². The van der Waals surface area contributed by atoms with Crippen molar-refractivity contribution in [3.63, 3.8) is 0 Å². The Kier molecular flexibility index (Phi) is 7.18. The molecule has 0 fully saturated rings. The highest BCUT2D eigenvalue weighted by atomic mass is 35.5. The van der Waals surface area contributed by atoms with Gasteiger partial charge in [-0.05, 0) is 6.92 Å². The smallest absolute Gasteiger partial charge is 0.319 e. The molecule has 0 aliphatic rings. The first kappa shape index (κ1) is 15.6. The van der Waals surface area contributed by atoms with Crippen molar-refractivity contribution in [2.75, 3.05) is 13.7 Å². The number of carbonyl (C=O) groups excluding carboxylic acids is 2. The highest BCUT2D eigenvalue weighted by molar-refractivity contribution is 6.00. The molecular weight excluding hydrogens is 242 g/mol. The minimum Gasteiger partial charge on any atom is -0.468 e. The molecule has 0 heterocycles. The van der Waals surface area contributed by atoms with Crippen LogP contribution >= 0.6 is 12.4 Å². The van der Waals surface area contributed by atoms with Crippen LogP contribution in [0.2, 0.25) is 0 Å². The van der Waals surface area contributed by atoms with Crippen LogP contribution < -0.4 is 5.32 Å². The van der Waals surface area contributed by atoms with Crippen molar-refractivity contribution in [2.45, 2.75) is 13.0 Å². The fourth-order valence-corrected chi connectivity index (χ4v) is 1.25. The molecule has 0 saturated heterocycles. The van der Waals surface area contributed by atoms with Crippen molar-refractivity contribution in [1.29, 1.82) is 0 Å². The number of methoxy groups -OCH3 is 1. The van der Waals surface area contributed by atoms with Gasteiger partial charge in [-0.15, -0.1) is 12.4 Å². The summed E-state index contributed by atoms with van der Waals surface area (Å²) in [4.78, 5) is 22.7. The van der Waals surface area contributed by atoms with Gasteiger partial charge in [0.25, 0.3) is 0 Å². The topological polar surface area (TPSA) is 55.4 Å². The standard InChI is InChI=1S/C12H15NO3.ClH/c1-9(13-8-11(14)16-2)12(15)10-6-4-3-5-7-10;/h3-7,9,13H,8H2,1-2H3;1H.